The summed E-state index contributed by atoms with van der Waals surface area (Å²) in [6, 6.07) is 4.18. The number of halogens is 1. The average molecular weight is 313 g/mol. The summed E-state index contributed by atoms with van der Waals surface area (Å²) in [6.07, 6.45) is 5.10. The van der Waals surface area contributed by atoms with Gasteiger partial charge in [-0.05, 0) is 62.3 Å². The fraction of sp³-hybridized carbons (Fsp3) is 0.647. The highest BCUT2D eigenvalue weighted by atomic mass is 35.5. The number of rotatable bonds is 6. The largest absolute Gasteiger partial charge is 0.493 e. The molecular formula is C17H25ClO3. The van der Waals surface area contributed by atoms with Gasteiger partial charge in [-0.3, -0.25) is 0 Å². The highest BCUT2D eigenvalue weighted by Crippen LogP contribution is 2.41. The van der Waals surface area contributed by atoms with Crippen molar-refractivity contribution in [2.75, 3.05) is 26.7 Å². The van der Waals surface area contributed by atoms with E-state index >= 15 is 0 Å². The van der Waals surface area contributed by atoms with Crippen molar-refractivity contribution in [1.29, 1.82) is 0 Å². The molecule has 0 spiro atoms. The van der Waals surface area contributed by atoms with Gasteiger partial charge >= 0.3 is 0 Å². The summed E-state index contributed by atoms with van der Waals surface area (Å²) in [5, 5.41) is 0. The molecule has 1 aromatic carbocycles. The summed E-state index contributed by atoms with van der Waals surface area (Å²) in [7, 11) is 3.35. The predicted molar refractivity (Wildman–Crippen MR) is 85.7 cm³/mol. The maximum absolute atomic E-state index is 6.20. The Hall–Kier alpha value is -0.930. The zero-order valence-corrected chi connectivity index (χ0v) is 14.0. The first-order valence-electron chi connectivity index (χ1n) is 7.60. The summed E-state index contributed by atoms with van der Waals surface area (Å²) in [5.74, 6) is 2.26. The molecule has 0 saturated carbocycles. The van der Waals surface area contributed by atoms with Gasteiger partial charge in [-0.1, -0.05) is 0 Å². The van der Waals surface area contributed by atoms with Crippen LogP contribution in [0.4, 0.5) is 0 Å². The minimum atomic E-state index is -0.266. The molecule has 1 heterocycles. The standard InChI is InChI=1S/C17H25ClO3/c1-17(8-4-5-9-18)14-12-16(20-3)15(19-2)11-13(14)7-6-10-21-17/h11-12H,4-10H2,1-3H3. The van der Waals surface area contributed by atoms with Crippen molar-refractivity contribution in [3.05, 3.63) is 23.3 Å². The van der Waals surface area contributed by atoms with Crippen LogP contribution in [0, 0.1) is 0 Å². The molecule has 1 aliphatic heterocycles. The van der Waals surface area contributed by atoms with Gasteiger partial charge in [0, 0.05) is 12.5 Å². The molecule has 3 nitrogen and oxygen atoms in total. The summed E-state index contributed by atoms with van der Waals surface area (Å²) in [5.41, 5.74) is 2.27. The minimum Gasteiger partial charge on any atom is -0.493 e. The highest BCUT2D eigenvalue weighted by Gasteiger charge is 2.32. The lowest BCUT2D eigenvalue weighted by Crippen LogP contribution is -2.26. The third kappa shape index (κ3) is 3.64. The number of fused-ring (bicyclic) bond motifs is 1. The van der Waals surface area contributed by atoms with Crippen molar-refractivity contribution in [2.24, 2.45) is 0 Å². The SMILES string of the molecule is COc1cc2c(cc1OC)C(C)(CCCCCl)OCCC2. The minimum absolute atomic E-state index is 0.266. The van der Waals surface area contributed by atoms with E-state index in [1.54, 1.807) is 14.2 Å². The van der Waals surface area contributed by atoms with Crippen LogP contribution in [-0.2, 0) is 16.8 Å². The molecule has 0 saturated heterocycles. The van der Waals surface area contributed by atoms with Gasteiger partial charge in [-0.2, -0.15) is 0 Å². The molecule has 2 rings (SSSR count). The lowest BCUT2D eigenvalue weighted by molar-refractivity contribution is -0.0406. The number of methoxy groups -OCH3 is 2. The molecule has 21 heavy (non-hydrogen) atoms. The van der Waals surface area contributed by atoms with Gasteiger partial charge in [-0.25, -0.2) is 0 Å². The van der Waals surface area contributed by atoms with Crippen molar-refractivity contribution in [1.82, 2.24) is 0 Å². The van der Waals surface area contributed by atoms with E-state index < -0.39 is 0 Å². The molecule has 0 amide bonds. The Morgan fingerprint density at radius 2 is 1.90 bits per heavy atom. The number of hydrogen-bond donors (Lipinski definition) is 0. The van der Waals surface area contributed by atoms with Crippen molar-refractivity contribution >= 4 is 11.6 Å². The van der Waals surface area contributed by atoms with E-state index in [2.05, 4.69) is 19.1 Å². The van der Waals surface area contributed by atoms with Crippen LogP contribution in [0.5, 0.6) is 11.5 Å². The molecule has 0 aliphatic carbocycles. The lowest BCUT2D eigenvalue weighted by Gasteiger charge is -2.31. The van der Waals surface area contributed by atoms with Gasteiger partial charge in [0.25, 0.3) is 0 Å². The number of benzene rings is 1. The maximum Gasteiger partial charge on any atom is 0.161 e. The topological polar surface area (TPSA) is 27.7 Å². The van der Waals surface area contributed by atoms with E-state index in [1.165, 1.54) is 11.1 Å². The zero-order valence-electron chi connectivity index (χ0n) is 13.2. The van der Waals surface area contributed by atoms with E-state index in [-0.39, 0.29) is 5.60 Å². The van der Waals surface area contributed by atoms with E-state index in [9.17, 15) is 0 Å². The fourth-order valence-corrected chi connectivity index (χ4v) is 3.21. The van der Waals surface area contributed by atoms with Gasteiger partial charge in [0.1, 0.15) is 0 Å². The molecule has 1 atom stereocenters. The Kier molecular flexibility index (Phi) is 5.77. The van der Waals surface area contributed by atoms with Crippen molar-refractivity contribution in [3.8, 4) is 11.5 Å². The van der Waals surface area contributed by atoms with Crippen LogP contribution < -0.4 is 9.47 Å². The quantitative estimate of drug-likeness (QED) is 0.579. The molecule has 0 radical (unpaired) electrons. The first-order valence-corrected chi connectivity index (χ1v) is 8.13. The summed E-state index contributed by atoms with van der Waals surface area (Å²) < 4.78 is 17.1. The average Bonchev–Trinajstić information content (AvgIpc) is 2.66. The predicted octanol–water partition coefficient (Wildman–Crippen LogP) is 4.29. The molecule has 1 unspecified atom stereocenters. The van der Waals surface area contributed by atoms with E-state index in [1.807, 2.05) is 0 Å². The Bertz CT molecular complexity index is 475. The molecule has 118 valence electrons. The summed E-state index contributed by atoms with van der Waals surface area (Å²) >= 11 is 5.81. The molecule has 1 aromatic rings. The molecule has 0 N–H and O–H groups in total. The third-order valence-electron chi connectivity index (χ3n) is 4.23. The van der Waals surface area contributed by atoms with Crippen LogP contribution in [-0.4, -0.2) is 26.7 Å². The zero-order chi connectivity index (χ0) is 15.3. The molecule has 4 heteroatoms. The van der Waals surface area contributed by atoms with Crippen LogP contribution in [0.3, 0.4) is 0 Å². The van der Waals surface area contributed by atoms with Crippen LogP contribution in [0.2, 0.25) is 0 Å². The van der Waals surface area contributed by atoms with Crippen LogP contribution in [0.15, 0.2) is 12.1 Å². The van der Waals surface area contributed by atoms with E-state index in [4.69, 9.17) is 25.8 Å². The van der Waals surface area contributed by atoms with E-state index in [0.29, 0.717) is 5.88 Å². The van der Waals surface area contributed by atoms with Gasteiger partial charge in [-0.15, -0.1) is 11.6 Å². The van der Waals surface area contributed by atoms with E-state index in [0.717, 1.165) is 50.2 Å². The maximum atomic E-state index is 6.20. The van der Waals surface area contributed by atoms with Gasteiger partial charge in [0.2, 0.25) is 0 Å². The molecule has 1 aliphatic rings. The number of ether oxygens (including phenoxy) is 3. The third-order valence-corrected chi connectivity index (χ3v) is 4.49. The van der Waals surface area contributed by atoms with Gasteiger partial charge in [0.05, 0.1) is 19.8 Å². The van der Waals surface area contributed by atoms with Crippen molar-refractivity contribution in [3.63, 3.8) is 0 Å². The Balaban J connectivity index is 2.38. The van der Waals surface area contributed by atoms with Crippen LogP contribution >= 0.6 is 11.6 Å². The van der Waals surface area contributed by atoms with Crippen LogP contribution in [0.25, 0.3) is 0 Å². The summed E-state index contributed by atoms with van der Waals surface area (Å²) in [4.78, 5) is 0. The second-order valence-corrected chi connectivity index (χ2v) is 6.07. The molecule has 0 fully saturated rings. The second-order valence-electron chi connectivity index (χ2n) is 5.69. The van der Waals surface area contributed by atoms with Crippen LogP contribution in [0.1, 0.15) is 43.7 Å². The monoisotopic (exact) mass is 312 g/mol. The number of hydrogen-bond acceptors (Lipinski definition) is 3. The van der Waals surface area contributed by atoms with Crippen molar-refractivity contribution in [2.45, 2.75) is 44.6 Å². The number of unbranched alkanes of at least 4 members (excludes halogenated alkanes) is 1. The van der Waals surface area contributed by atoms with Crippen molar-refractivity contribution < 1.29 is 14.2 Å². The Morgan fingerprint density at radius 1 is 1.19 bits per heavy atom. The first kappa shape index (κ1) is 16.4. The molecule has 0 bridgehead atoms. The fourth-order valence-electron chi connectivity index (χ4n) is 3.02. The normalized spacial score (nSPS) is 21.5. The number of aryl methyl sites for hydroxylation is 1. The van der Waals surface area contributed by atoms with Gasteiger partial charge in [0.15, 0.2) is 11.5 Å². The second kappa shape index (κ2) is 7.37. The smallest absolute Gasteiger partial charge is 0.161 e. The highest BCUT2D eigenvalue weighted by molar-refractivity contribution is 6.17. The lowest BCUT2D eigenvalue weighted by atomic mass is 9.86. The first-order chi connectivity index (χ1) is 10.1. The Morgan fingerprint density at radius 3 is 2.57 bits per heavy atom. The molecular weight excluding hydrogens is 288 g/mol. The Labute approximate surface area is 132 Å². The molecule has 0 aromatic heterocycles. The summed E-state index contributed by atoms with van der Waals surface area (Å²) in [6.45, 7) is 2.97. The van der Waals surface area contributed by atoms with Gasteiger partial charge < -0.3 is 14.2 Å². The number of alkyl halides is 1.